The van der Waals surface area contributed by atoms with Gasteiger partial charge in [0.15, 0.2) is 0 Å². The summed E-state index contributed by atoms with van der Waals surface area (Å²) in [6.07, 6.45) is 6.62. The summed E-state index contributed by atoms with van der Waals surface area (Å²) >= 11 is 0. The van der Waals surface area contributed by atoms with Crippen LogP contribution in [0.15, 0.2) is 42.1 Å². The molecule has 220 valence electrons. The van der Waals surface area contributed by atoms with E-state index in [1.165, 1.54) is 17.1 Å². The number of aliphatic hydroxyl groups is 1. The van der Waals surface area contributed by atoms with Gasteiger partial charge in [-0.05, 0) is 69.8 Å². The van der Waals surface area contributed by atoms with Gasteiger partial charge in [-0.3, -0.25) is 14.6 Å². The van der Waals surface area contributed by atoms with E-state index in [0.717, 1.165) is 25.9 Å². The summed E-state index contributed by atoms with van der Waals surface area (Å²) in [6, 6.07) is 2.59. The topological polar surface area (TPSA) is 109 Å². The second-order valence-electron chi connectivity index (χ2n) is 11.7. The van der Waals surface area contributed by atoms with Crippen LogP contribution in [0.2, 0.25) is 0 Å². The van der Waals surface area contributed by atoms with Crippen molar-refractivity contribution in [2.45, 2.75) is 82.3 Å². The number of hydrogen-bond acceptors (Lipinski definition) is 6. The van der Waals surface area contributed by atoms with Gasteiger partial charge in [-0.15, -0.1) is 0 Å². The van der Waals surface area contributed by atoms with Crippen molar-refractivity contribution in [1.82, 2.24) is 14.8 Å². The van der Waals surface area contributed by atoms with Gasteiger partial charge in [0, 0.05) is 25.1 Å². The second-order valence-corrected chi connectivity index (χ2v) is 11.7. The third-order valence-electron chi connectivity index (χ3n) is 8.88. The average Bonchev–Trinajstić information content (AvgIpc) is 3.36. The molecule has 0 aromatic carbocycles. The largest absolute Gasteiger partial charge is 0.492 e. The molecule has 8 nitrogen and oxygen atoms in total. The van der Waals surface area contributed by atoms with Gasteiger partial charge in [0.25, 0.3) is 5.91 Å². The Morgan fingerprint density at radius 1 is 1.25 bits per heavy atom. The number of nitrogens with zero attached hydrogens (tertiary/aromatic N) is 3. The van der Waals surface area contributed by atoms with E-state index in [4.69, 9.17) is 10.5 Å². The molecule has 0 spiro atoms. The van der Waals surface area contributed by atoms with Gasteiger partial charge in [-0.2, -0.15) is 0 Å². The molecule has 2 amide bonds. The van der Waals surface area contributed by atoms with Crippen LogP contribution >= 0.6 is 0 Å². The van der Waals surface area contributed by atoms with E-state index >= 15 is 4.39 Å². The zero-order chi connectivity index (χ0) is 29.1. The van der Waals surface area contributed by atoms with Crippen molar-refractivity contribution < 1.29 is 28.2 Å². The molecule has 0 bridgehead atoms. The third kappa shape index (κ3) is 6.54. The number of ether oxygens (including phenoxy) is 1. The zero-order valence-corrected chi connectivity index (χ0v) is 23.7. The Labute approximate surface area is 235 Å². The smallest absolute Gasteiger partial charge is 0.254 e. The Morgan fingerprint density at radius 3 is 2.52 bits per heavy atom. The first-order valence-electron chi connectivity index (χ1n) is 14.3. The number of amides is 2. The van der Waals surface area contributed by atoms with Crippen molar-refractivity contribution in [3.05, 3.63) is 47.8 Å². The molecule has 4 unspecified atom stereocenters. The summed E-state index contributed by atoms with van der Waals surface area (Å²) < 4.78 is 36.2. The Morgan fingerprint density at radius 2 is 1.95 bits per heavy atom. The monoisotopic (exact) mass is 560 g/mol. The number of hydrogen-bond donors (Lipinski definition) is 2. The molecule has 2 fully saturated rings. The minimum Gasteiger partial charge on any atom is -0.492 e. The van der Waals surface area contributed by atoms with E-state index in [9.17, 15) is 19.1 Å². The lowest BCUT2D eigenvalue weighted by molar-refractivity contribution is -0.134. The first-order valence-corrected chi connectivity index (χ1v) is 14.3. The third-order valence-corrected chi connectivity index (χ3v) is 8.88. The molecule has 40 heavy (non-hydrogen) atoms. The van der Waals surface area contributed by atoms with Crippen LogP contribution < -0.4 is 10.5 Å². The van der Waals surface area contributed by atoms with Gasteiger partial charge in [0.1, 0.15) is 23.6 Å². The second kappa shape index (κ2) is 12.3. The van der Waals surface area contributed by atoms with Crippen LogP contribution in [0.4, 0.5) is 8.78 Å². The van der Waals surface area contributed by atoms with Crippen LogP contribution in [0.5, 0.6) is 5.75 Å². The lowest BCUT2D eigenvalue weighted by Crippen LogP contribution is -2.45. The number of nitrogens with two attached hydrogens (primary N) is 1. The van der Waals surface area contributed by atoms with E-state index < -0.39 is 41.2 Å². The highest BCUT2D eigenvalue weighted by molar-refractivity contribution is 5.99. The molecule has 10 heteroatoms. The fourth-order valence-electron chi connectivity index (χ4n) is 5.77. The predicted molar refractivity (Wildman–Crippen MR) is 148 cm³/mol. The minimum atomic E-state index is -1.54. The van der Waals surface area contributed by atoms with Crippen molar-refractivity contribution in [2.24, 2.45) is 11.7 Å². The Kier molecular flexibility index (Phi) is 9.29. The zero-order valence-electron chi connectivity index (χ0n) is 23.7. The summed E-state index contributed by atoms with van der Waals surface area (Å²) in [5, 5.41) is 9.90. The number of aliphatic hydroxyl groups excluding tert-OH is 1. The van der Waals surface area contributed by atoms with Crippen molar-refractivity contribution in [3.8, 4) is 5.75 Å². The van der Waals surface area contributed by atoms with Crippen molar-refractivity contribution in [3.63, 3.8) is 0 Å². The van der Waals surface area contributed by atoms with Gasteiger partial charge in [-0.1, -0.05) is 26.0 Å². The van der Waals surface area contributed by atoms with Gasteiger partial charge in [-0.25, -0.2) is 8.78 Å². The Bertz CT molecular complexity index is 1120. The molecule has 4 rings (SSSR count). The fourth-order valence-corrected chi connectivity index (χ4v) is 5.77. The molecule has 2 saturated heterocycles. The number of carbonyl (C=O) groups excluding carboxylic acids is 2. The van der Waals surface area contributed by atoms with Crippen molar-refractivity contribution in [1.29, 1.82) is 0 Å². The van der Waals surface area contributed by atoms with Crippen molar-refractivity contribution >= 4 is 11.8 Å². The summed E-state index contributed by atoms with van der Waals surface area (Å²) in [5.74, 6) is -0.255. The van der Waals surface area contributed by atoms with Crippen molar-refractivity contribution in [2.75, 3.05) is 32.8 Å². The average molecular weight is 561 g/mol. The maximum absolute atomic E-state index is 15.5. The van der Waals surface area contributed by atoms with Gasteiger partial charge >= 0.3 is 0 Å². The fraction of sp³-hybridized carbons (Fsp3) is 0.633. The standard InChI is InChI=1S/C30H42F2N4O4/c1-4-30(32,5-2)19-35-12-9-20(10-13-35)18-40-23-6-7-26(34-16-23)29(3)11-8-21(14-25(29)31)28(39)36-17-22(37)15-24(36)27(33)38/h6-8,11,14,16,20,22,24-25,37H,4-5,9-10,12-13,15,17-19H2,1-3H3,(H2,33,38). The number of primary amides is 1. The number of aromatic nitrogens is 1. The van der Waals surface area contributed by atoms with Gasteiger partial charge < -0.3 is 25.4 Å². The number of halogens is 2. The van der Waals surface area contributed by atoms with Gasteiger partial charge in [0.2, 0.25) is 5.91 Å². The van der Waals surface area contributed by atoms with E-state index in [0.29, 0.717) is 43.4 Å². The van der Waals surface area contributed by atoms with Crippen LogP contribution in [0.1, 0.15) is 58.6 Å². The van der Waals surface area contributed by atoms with E-state index in [1.807, 2.05) is 13.8 Å². The summed E-state index contributed by atoms with van der Waals surface area (Å²) in [7, 11) is 0. The SMILES string of the molecule is CCC(F)(CC)CN1CCC(COc2ccc(C3(C)C=CC(C(=O)N4CC(O)CC4C(N)=O)=CC3F)nc2)CC1. The van der Waals surface area contributed by atoms with Crippen LogP contribution in [-0.2, 0) is 15.0 Å². The Hall–Kier alpha value is -2.85. The summed E-state index contributed by atoms with van der Waals surface area (Å²) in [4.78, 5) is 32.6. The molecule has 1 aliphatic carbocycles. The molecular weight excluding hydrogens is 518 g/mol. The van der Waals surface area contributed by atoms with Crippen LogP contribution in [0, 0.1) is 5.92 Å². The first-order chi connectivity index (χ1) is 19.0. The highest BCUT2D eigenvalue weighted by Gasteiger charge is 2.42. The molecule has 3 heterocycles. The number of allylic oxidation sites excluding steroid dienone is 2. The molecule has 1 aromatic rings. The lowest BCUT2D eigenvalue weighted by Gasteiger charge is -2.36. The molecule has 3 aliphatic rings. The normalized spacial score (nSPS) is 28.0. The van der Waals surface area contributed by atoms with Crippen LogP contribution in [-0.4, -0.2) is 88.5 Å². The molecule has 0 saturated carbocycles. The van der Waals surface area contributed by atoms with E-state index in [2.05, 4.69) is 9.88 Å². The maximum Gasteiger partial charge on any atom is 0.254 e. The molecule has 1 aromatic heterocycles. The Balaban J connectivity index is 1.31. The first kappa shape index (κ1) is 30.1. The van der Waals surface area contributed by atoms with Crippen LogP contribution in [0.3, 0.4) is 0 Å². The number of rotatable bonds is 10. The number of alkyl halides is 2. The van der Waals surface area contributed by atoms with Crippen LogP contribution in [0.25, 0.3) is 0 Å². The molecular formula is C30H42F2N4O4. The summed E-state index contributed by atoms with van der Waals surface area (Å²) in [6.45, 7) is 8.25. The highest BCUT2D eigenvalue weighted by atomic mass is 19.1. The molecule has 3 N–H and O–H groups in total. The maximum atomic E-state index is 15.5. The molecule has 4 atom stereocenters. The summed E-state index contributed by atoms with van der Waals surface area (Å²) in [5.41, 5.74) is 3.78. The molecule has 2 aliphatic heterocycles. The van der Waals surface area contributed by atoms with Gasteiger partial charge in [0.05, 0.1) is 30.0 Å². The number of carbonyl (C=O) groups is 2. The predicted octanol–water partition coefficient (Wildman–Crippen LogP) is 3.24. The number of β-amino-alcohol motifs (C(OH)–C–C–N with tert-alkyl or cyclic N) is 1. The van der Waals surface area contributed by atoms with E-state index in [1.54, 1.807) is 31.3 Å². The number of likely N-dealkylation sites (tertiary alicyclic amines) is 2. The quantitative estimate of drug-likeness (QED) is 0.455. The molecule has 0 radical (unpaired) electrons. The number of pyridine rings is 1. The minimum absolute atomic E-state index is 0.0238. The highest BCUT2D eigenvalue weighted by Crippen LogP contribution is 2.36. The van der Waals surface area contributed by atoms with E-state index in [-0.39, 0.29) is 18.5 Å². The lowest BCUT2D eigenvalue weighted by atomic mass is 9.77. The number of piperidine rings is 1.